The molecular formula is C13H9Cl3N2S. The number of hydrogen-bond acceptors (Lipinski definition) is 2. The van der Waals surface area contributed by atoms with Gasteiger partial charge in [0.25, 0.3) is 0 Å². The second kappa shape index (κ2) is 5.97. The Balaban J connectivity index is 2.45. The average molecular weight is 332 g/mol. The van der Waals surface area contributed by atoms with Crippen LogP contribution in [0.2, 0.25) is 15.1 Å². The largest absolute Gasteiger partial charge is 0.389 e. The first-order chi connectivity index (χ1) is 8.99. The summed E-state index contributed by atoms with van der Waals surface area (Å²) in [5, 5.41) is 4.60. The van der Waals surface area contributed by atoms with E-state index in [0.717, 1.165) is 0 Å². The van der Waals surface area contributed by atoms with E-state index in [-0.39, 0.29) is 4.99 Å². The lowest BCUT2D eigenvalue weighted by atomic mass is 10.1. The Labute approximate surface area is 131 Å². The second-order valence-electron chi connectivity index (χ2n) is 3.78. The minimum atomic E-state index is 0.275. The van der Waals surface area contributed by atoms with Crippen molar-refractivity contribution in [3.8, 4) is 0 Å². The zero-order chi connectivity index (χ0) is 14.0. The van der Waals surface area contributed by atoms with Crippen LogP contribution in [0.3, 0.4) is 0 Å². The van der Waals surface area contributed by atoms with E-state index in [9.17, 15) is 0 Å². The summed E-state index contributed by atoms with van der Waals surface area (Å²) in [4.78, 5) is 0.275. The molecule has 2 aromatic carbocycles. The summed E-state index contributed by atoms with van der Waals surface area (Å²) in [5.41, 5.74) is 7.71. The summed E-state index contributed by atoms with van der Waals surface area (Å²) in [5.74, 6) is 0. The molecule has 3 N–H and O–H groups in total. The molecule has 0 saturated heterocycles. The number of nitrogens with one attached hydrogen (secondary N) is 1. The fraction of sp³-hybridized carbons (Fsp3) is 0. The summed E-state index contributed by atoms with van der Waals surface area (Å²) in [7, 11) is 0. The topological polar surface area (TPSA) is 38.0 Å². The fourth-order valence-electron chi connectivity index (χ4n) is 1.58. The molecule has 0 bridgehead atoms. The number of halogens is 3. The Kier molecular flexibility index (Phi) is 4.53. The van der Waals surface area contributed by atoms with Crippen LogP contribution in [0.5, 0.6) is 0 Å². The molecule has 2 aromatic rings. The van der Waals surface area contributed by atoms with Crippen LogP contribution < -0.4 is 11.1 Å². The highest BCUT2D eigenvalue weighted by molar-refractivity contribution is 7.80. The summed E-state index contributed by atoms with van der Waals surface area (Å²) in [6.07, 6.45) is 0. The van der Waals surface area contributed by atoms with E-state index in [1.54, 1.807) is 36.4 Å². The van der Waals surface area contributed by atoms with Gasteiger partial charge in [-0.1, -0.05) is 53.1 Å². The lowest BCUT2D eigenvalue weighted by Crippen LogP contribution is -2.11. The molecule has 19 heavy (non-hydrogen) atoms. The van der Waals surface area contributed by atoms with Crippen molar-refractivity contribution in [3.05, 3.63) is 57.0 Å². The smallest absolute Gasteiger partial charge is 0.106 e. The predicted octanol–water partition coefficient (Wildman–Crippen LogP) is 5.02. The molecular weight excluding hydrogens is 323 g/mol. The Morgan fingerprint density at radius 2 is 1.79 bits per heavy atom. The number of anilines is 2. The summed E-state index contributed by atoms with van der Waals surface area (Å²) in [6, 6.07) is 10.5. The Morgan fingerprint density at radius 1 is 1.05 bits per heavy atom. The molecule has 2 nitrogen and oxygen atoms in total. The summed E-state index contributed by atoms with van der Waals surface area (Å²) < 4.78 is 0. The Morgan fingerprint density at radius 3 is 2.47 bits per heavy atom. The van der Waals surface area contributed by atoms with E-state index in [1.165, 1.54) is 0 Å². The number of thiocarbonyl (C=S) groups is 1. The minimum Gasteiger partial charge on any atom is -0.389 e. The van der Waals surface area contributed by atoms with Crippen LogP contribution in [0, 0.1) is 0 Å². The van der Waals surface area contributed by atoms with Gasteiger partial charge in [0.1, 0.15) is 4.99 Å². The maximum Gasteiger partial charge on any atom is 0.106 e. The number of rotatable bonds is 3. The molecule has 0 unspecified atom stereocenters. The van der Waals surface area contributed by atoms with Crippen molar-refractivity contribution < 1.29 is 0 Å². The van der Waals surface area contributed by atoms with Crippen LogP contribution >= 0.6 is 47.0 Å². The predicted molar refractivity (Wildman–Crippen MR) is 87.1 cm³/mol. The molecule has 0 heterocycles. The van der Waals surface area contributed by atoms with Gasteiger partial charge in [0, 0.05) is 10.6 Å². The van der Waals surface area contributed by atoms with Crippen molar-refractivity contribution in [2.24, 2.45) is 5.73 Å². The Bertz CT molecular complexity index is 644. The van der Waals surface area contributed by atoms with Crippen LogP contribution in [0.25, 0.3) is 0 Å². The lowest BCUT2D eigenvalue weighted by Gasteiger charge is -2.13. The molecule has 0 radical (unpaired) electrons. The van der Waals surface area contributed by atoms with Gasteiger partial charge in [-0.05, 0) is 30.3 Å². The highest BCUT2D eigenvalue weighted by Gasteiger charge is 2.09. The van der Waals surface area contributed by atoms with E-state index in [2.05, 4.69) is 5.32 Å². The molecule has 2 rings (SSSR count). The number of benzene rings is 2. The molecule has 0 aliphatic rings. The normalized spacial score (nSPS) is 10.3. The van der Waals surface area contributed by atoms with Crippen molar-refractivity contribution in [1.29, 1.82) is 0 Å². The number of hydrogen-bond donors (Lipinski definition) is 2. The second-order valence-corrected chi connectivity index (χ2v) is 5.44. The zero-order valence-corrected chi connectivity index (χ0v) is 12.7. The summed E-state index contributed by atoms with van der Waals surface area (Å²) in [6.45, 7) is 0. The molecule has 0 amide bonds. The average Bonchev–Trinajstić information content (AvgIpc) is 2.35. The highest BCUT2D eigenvalue weighted by atomic mass is 35.5. The fourth-order valence-corrected chi connectivity index (χ4v) is 2.28. The molecule has 0 aliphatic heterocycles. The van der Waals surface area contributed by atoms with E-state index >= 15 is 0 Å². The molecule has 0 aliphatic carbocycles. The first-order valence-corrected chi connectivity index (χ1v) is 6.83. The molecule has 0 atom stereocenters. The lowest BCUT2D eigenvalue weighted by molar-refractivity contribution is 1.52. The van der Waals surface area contributed by atoms with Gasteiger partial charge in [-0.15, -0.1) is 0 Å². The van der Waals surface area contributed by atoms with Gasteiger partial charge >= 0.3 is 0 Å². The first-order valence-electron chi connectivity index (χ1n) is 5.29. The standard InChI is InChI=1S/C13H9Cl3N2S/c14-7-4-5-8(13(17)19)11(6-7)18-10-3-1-2-9(15)12(10)16/h1-6,18H,(H2,17,19). The van der Waals surface area contributed by atoms with Crippen LogP contribution in [-0.4, -0.2) is 4.99 Å². The molecule has 0 fully saturated rings. The van der Waals surface area contributed by atoms with Crippen molar-refractivity contribution in [1.82, 2.24) is 0 Å². The summed E-state index contributed by atoms with van der Waals surface area (Å²) >= 11 is 23.1. The van der Waals surface area contributed by atoms with E-state index in [4.69, 9.17) is 52.8 Å². The van der Waals surface area contributed by atoms with E-state index in [1.807, 2.05) is 0 Å². The molecule has 98 valence electrons. The Hall–Kier alpha value is -1.000. The van der Waals surface area contributed by atoms with Crippen molar-refractivity contribution in [2.45, 2.75) is 0 Å². The molecule has 0 spiro atoms. The van der Waals surface area contributed by atoms with Crippen LogP contribution in [0.4, 0.5) is 11.4 Å². The van der Waals surface area contributed by atoms with Gasteiger partial charge in [0.15, 0.2) is 0 Å². The van der Waals surface area contributed by atoms with Crippen LogP contribution in [-0.2, 0) is 0 Å². The maximum absolute atomic E-state index is 6.12. The first kappa shape index (κ1) is 14.4. The van der Waals surface area contributed by atoms with Crippen molar-refractivity contribution in [2.75, 3.05) is 5.32 Å². The molecule has 0 aromatic heterocycles. The van der Waals surface area contributed by atoms with Crippen LogP contribution in [0.1, 0.15) is 5.56 Å². The van der Waals surface area contributed by atoms with E-state index < -0.39 is 0 Å². The van der Waals surface area contributed by atoms with Gasteiger partial charge < -0.3 is 11.1 Å². The van der Waals surface area contributed by atoms with E-state index in [0.29, 0.717) is 32.0 Å². The SMILES string of the molecule is NC(=S)c1ccc(Cl)cc1Nc1cccc(Cl)c1Cl. The van der Waals surface area contributed by atoms with Gasteiger partial charge in [0.05, 0.1) is 21.4 Å². The molecule has 6 heteroatoms. The van der Waals surface area contributed by atoms with Crippen LogP contribution in [0.15, 0.2) is 36.4 Å². The third-order valence-corrected chi connectivity index (χ3v) is 3.74. The number of nitrogens with two attached hydrogens (primary N) is 1. The minimum absolute atomic E-state index is 0.275. The van der Waals surface area contributed by atoms with Crippen molar-refractivity contribution >= 4 is 63.4 Å². The van der Waals surface area contributed by atoms with Gasteiger partial charge in [-0.2, -0.15) is 0 Å². The maximum atomic E-state index is 6.12. The molecule has 0 saturated carbocycles. The quantitative estimate of drug-likeness (QED) is 0.775. The monoisotopic (exact) mass is 330 g/mol. The van der Waals surface area contributed by atoms with Gasteiger partial charge in [0.2, 0.25) is 0 Å². The third kappa shape index (κ3) is 3.31. The van der Waals surface area contributed by atoms with Gasteiger partial charge in [-0.3, -0.25) is 0 Å². The highest BCUT2D eigenvalue weighted by Crippen LogP contribution is 2.33. The zero-order valence-electron chi connectivity index (χ0n) is 9.58. The van der Waals surface area contributed by atoms with Crippen molar-refractivity contribution in [3.63, 3.8) is 0 Å². The third-order valence-electron chi connectivity index (χ3n) is 2.47. The van der Waals surface area contributed by atoms with Gasteiger partial charge in [-0.25, -0.2) is 0 Å².